The molecule has 0 spiro atoms. The van der Waals surface area contributed by atoms with Crippen LogP contribution in [0, 0.1) is 20.8 Å². The van der Waals surface area contributed by atoms with E-state index in [9.17, 15) is 9.59 Å². The van der Waals surface area contributed by atoms with Crippen molar-refractivity contribution in [2.45, 2.75) is 40.5 Å². The summed E-state index contributed by atoms with van der Waals surface area (Å²) < 4.78 is 5.52. The normalized spacial score (nSPS) is 12.6. The molecule has 0 unspecified atom stereocenters. The number of ketones is 1. The van der Waals surface area contributed by atoms with Gasteiger partial charge in [0.1, 0.15) is 17.3 Å². The van der Waals surface area contributed by atoms with E-state index in [4.69, 9.17) is 4.42 Å². The van der Waals surface area contributed by atoms with Crippen LogP contribution in [-0.2, 0) is 4.79 Å². The minimum absolute atomic E-state index is 0.00417. The predicted octanol–water partition coefficient (Wildman–Crippen LogP) is 2.26. The van der Waals surface area contributed by atoms with Crippen molar-refractivity contribution in [3.8, 4) is 0 Å². The zero-order chi connectivity index (χ0) is 11.7. The zero-order valence-corrected chi connectivity index (χ0v) is 9.80. The van der Waals surface area contributed by atoms with Crippen LogP contribution in [0.5, 0.6) is 0 Å². The Hall–Kier alpha value is -1.38. The fraction of sp³-hybridized carbons (Fsp3) is 0.500. The summed E-state index contributed by atoms with van der Waals surface area (Å²) in [6, 6.07) is 0. The van der Waals surface area contributed by atoms with E-state index >= 15 is 0 Å². The van der Waals surface area contributed by atoms with Gasteiger partial charge in [-0.1, -0.05) is 0 Å². The molecule has 0 fully saturated rings. The van der Waals surface area contributed by atoms with E-state index in [1.54, 1.807) is 27.7 Å². The van der Waals surface area contributed by atoms with Crippen molar-refractivity contribution in [3.05, 3.63) is 32.9 Å². The number of hydrogen-bond donors (Lipinski definition) is 0. The van der Waals surface area contributed by atoms with Crippen molar-refractivity contribution in [2.24, 2.45) is 0 Å². The quantitative estimate of drug-likeness (QED) is 0.749. The monoisotopic (exact) mass is 208 g/mol. The molecule has 0 saturated carbocycles. The summed E-state index contributed by atoms with van der Waals surface area (Å²) in [5.41, 5.74) is 1.13. The molecular formula is C12H16O3. The second kappa shape index (κ2) is 4.01. The summed E-state index contributed by atoms with van der Waals surface area (Å²) in [4.78, 5) is 23.0. The number of Topliss-reactive ketones (excluding diaryl/α,β-unsaturated/α-hetero) is 1. The SMILES string of the molecule is CC(=O)[C@@H](C)c1oc(C)c(C)c(=O)c1C. The average Bonchev–Trinajstić information content (AvgIpc) is 2.19. The highest BCUT2D eigenvalue weighted by Crippen LogP contribution is 2.20. The molecule has 0 saturated heterocycles. The Balaban J connectivity index is 3.45. The zero-order valence-electron chi connectivity index (χ0n) is 9.80. The minimum atomic E-state index is -0.350. The molecule has 0 aliphatic carbocycles. The highest BCUT2D eigenvalue weighted by Gasteiger charge is 2.19. The number of carbonyl (C=O) groups excluding carboxylic acids is 1. The Kier molecular flexibility index (Phi) is 3.12. The Bertz CT molecular complexity index is 455. The van der Waals surface area contributed by atoms with Crippen molar-refractivity contribution in [2.75, 3.05) is 0 Å². The first-order valence-corrected chi connectivity index (χ1v) is 4.97. The van der Waals surface area contributed by atoms with Gasteiger partial charge in [0.25, 0.3) is 0 Å². The van der Waals surface area contributed by atoms with Crippen LogP contribution in [0.3, 0.4) is 0 Å². The molecular weight excluding hydrogens is 192 g/mol. The second-order valence-corrected chi connectivity index (χ2v) is 3.93. The summed E-state index contributed by atoms with van der Waals surface area (Å²) in [5.74, 6) is 0.741. The van der Waals surface area contributed by atoms with Crippen molar-refractivity contribution in [3.63, 3.8) is 0 Å². The van der Waals surface area contributed by atoms with Gasteiger partial charge in [-0.2, -0.15) is 0 Å². The molecule has 0 amide bonds. The first-order chi connectivity index (χ1) is 6.86. The van der Waals surface area contributed by atoms with Crippen LogP contribution in [0.2, 0.25) is 0 Å². The van der Waals surface area contributed by atoms with Crippen molar-refractivity contribution in [1.82, 2.24) is 0 Å². The third kappa shape index (κ3) is 2.01. The molecule has 0 radical (unpaired) electrons. The van der Waals surface area contributed by atoms with Gasteiger partial charge >= 0.3 is 0 Å². The highest BCUT2D eigenvalue weighted by atomic mass is 16.3. The molecule has 0 aliphatic rings. The van der Waals surface area contributed by atoms with E-state index in [0.717, 1.165) is 0 Å². The number of aryl methyl sites for hydroxylation is 1. The first kappa shape index (κ1) is 11.7. The number of carbonyl (C=O) groups is 1. The largest absolute Gasteiger partial charge is 0.465 e. The van der Waals surface area contributed by atoms with Crippen LogP contribution in [0.25, 0.3) is 0 Å². The number of hydrogen-bond acceptors (Lipinski definition) is 3. The molecule has 0 aromatic carbocycles. The molecule has 3 nitrogen and oxygen atoms in total. The Morgan fingerprint density at radius 3 is 2.20 bits per heavy atom. The van der Waals surface area contributed by atoms with Crippen LogP contribution in [0.1, 0.15) is 42.4 Å². The lowest BCUT2D eigenvalue weighted by molar-refractivity contribution is -0.118. The van der Waals surface area contributed by atoms with Gasteiger partial charge in [0.15, 0.2) is 5.43 Å². The second-order valence-electron chi connectivity index (χ2n) is 3.93. The topological polar surface area (TPSA) is 47.3 Å². The summed E-state index contributed by atoms with van der Waals surface area (Å²) >= 11 is 0. The van der Waals surface area contributed by atoms with Crippen LogP contribution in [-0.4, -0.2) is 5.78 Å². The summed E-state index contributed by atoms with van der Waals surface area (Å²) in [6.45, 7) is 8.43. The van der Waals surface area contributed by atoms with E-state index < -0.39 is 0 Å². The van der Waals surface area contributed by atoms with Crippen molar-refractivity contribution in [1.29, 1.82) is 0 Å². The van der Waals surface area contributed by atoms with Gasteiger partial charge in [-0.25, -0.2) is 0 Å². The smallest absolute Gasteiger partial charge is 0.191 e. The lowest BCUT2D eigenvalue weighted by Crippen LogP contribution is -2.17. The van der Waals surface area contributed by atoms with E-state index in [-0.39, 0.29) is 17.1 Å². The maximum absolute atomic E-state index is 11.8. The summed E-state index contributed by atoms with van der Waals surface area (Å²) in [5, 5.41) is 0. The maximum Gasteiger partial charge on any atom is 0.191 e. The van der Waals surface area contributed by atoms with E-state index in [0.29, 0.717) is 22.6 Å². The Morgan fingerprint density at radius 2 is 1.73 bits per heavy atom. The van der Waals surface area contributed by atoms with E-state index in [1.165, 1.54) is 6.92 Å². The Morgan fingerprint density at radius 1 is 1.20 bits per heavy atom. The van der Waals surface area contributed by atoms with Crippen molar-refractivity contribution < 1.29 is 9.21 Å². The van der Waals surface area contributed by atoms with Gasteiger partial charge in [-0.05, 0) is 34.6 Å². The van der Waals surface area contributed by atoms with Crippen molar-refractivity contribution >= 4 is 5.78 Å². The van der Waals surface area contributed by atoms with Gasteiger partial charge in [-0.15, -0.1) is 0 Å². The minimum Gasteiger partial charge on any atom is -0.465 e. The van der Waals surface area contributed by atoms with Gasteiger partial charge in [-0.3, -0.25) is 9.59 Å². The lowest BCUT2D eigenvalue weighted by atomic mass is 9.99. The van der Waals surface area contributed by atoms with Crippen LogP contribution < -0.4 is 5.43 Å². The molecule has 3 heteroatoms. The molecule has 0 bridgehead atoms. The van der Waals surface area contributed by atoms with Crippen LogP contribution in [0.4, 0.5) is 0 Å². The van der Waals surface area contributed by atoms with E-state index in [2.05, 4.69) is 0 Å². The molecule has 1 aromatic rings. The summed E-state index contributed by atoms with van der Waals surface area (Å²) in [7, 11) is 0. The maximum atomic E-state index is 11.8. The fourth-order valence-electron chi connectivity index (χ4n) is 1.47. The molecule has 82 valence electrons. The molecule has 1 rings (SSSR count). The lowest BCUT2D eigenvalue weighted by Gasteiger charge is -2.11. The number of rotatable bonds is 2. The van der Waals surface area contributed by atoms with Crippen LogP contribution >= 0.6 is 0 Å². The molecule has 1 heterocycles. The van der Waals surface area contributed by atoms with E-state index in [1.807, 2.05) is 0 Å². The first-order valence-electron chi connectivity index (χ1n) is 4.97. The third-order valence-corrected chi connectivity index (χ3v) is 2.85. The van der Waals surface area contributed by atoms with Gasteiger partial charge in [0.05, 0.1) is 5.92 Å². The van der Waals surface area contributed by atoms with Gasteiger partial charge in [0.2, 0.25) is 0 Å². The molecule has 1 atom stereocenters. The highest BCUT2D eigenvalue weighted by molar-refractivity contribution is 5.82. The predicted molar refractivity (Wildman–Crippen MR) is 58.3 cm³/mol. The molecule has 1 aromatic heterocycles. The molecule has 0 N–H and O–H groups in total. The summed E-state index contributed by atoms with van der Waals surface area (Å²) in [6.07, 6.45) is 0. The Labute approximate surface area is 89.1 Å². The molecule has 0 aliphatic heterocycles. The molecule has 15 heavy (non-hydrogen) atoms. The van der Waals surface area contributed by atoms with Gasteiger partial charge in [0, 0.05) is 11.1 Å². The third-order valence-electron chi connectivity index (χ3n) is 2.85. The fourth-order valence-corrected chi connectivity index (χ4v) is 1.47. The standard InChI is InChI=1S/C12H16O3/c1-6(9(4)13)12-8(3)11(14)7(2)10(5)15-12/h6H,1-5H3/t6-/m1/s1. The average molecular weight is 208 g/mol. The van der Waals surface area contributed by atoms with Gasteiger partial charge < -0.3 is 4.42 Å². The van der Waals surface area contributed by atoms with Crippen LogP contribution in [0.15, 0.2) is 9.21 Å².